The smallest absolute Gasteiger partial charge is 0.261 e. The lowest BCUT2D eigenvalue weighted by Gasteiger charge is -2.08. The van der Waals surface area contributed by atoms with Crippen molar-refractivity contribution in [2.75, 3.05) is 4.72 Å². The average molecular weight is 327 g/mol. The summed E-state index contributed by atoms with van der Waals surface area (Å²) in [4.78, 5) is 8.40. The van der Waals surface area contributed by atoms with E-state index in [-0.39, 0.29) is 16.3 Å². The van der Waals surface area contributed by atoms with Crippen molar-refractivity contribution in [1.82, 2.24) is 9.97 Å². The van der Waals surface area contributed by atoms with Crippen LogP contribution in [0.15, 0.2) is 71.9 Å². The van der Waals surface area contributed by atoms with Crippen LogP contribution >= 0.6 is 0 Å². The van der Waals surface area contributed by atoms with Crippen LogP contribution in [0.1, 0.15) is 0 Å². The summed E-state index contributed by atoms with van der Waals surface area (Å²) < 4.78 is 26.8. The molecular formula is C16H13N3O3S. The minimum Gasteiger partial charge on any atom is -0.508 e. The van der Waals surface area contributed by atoms with Crippen LogP contribution in [0.25, 0.3) is 11.4 Å². The normalized spacial score (nSPS) is 11.1. The van der Waals surface area contributed by atoms with E-state index in [2.05, 4.69) is 14.7 Å². The molecule has 1 heterocycles. The number of sulfonamides is 1. The van der Waals surface area contributed by atoms with Crippen LogP contribution in [0.2, 0.25) is 0 Å². The molecule has 0 unspecified atom stereocenters. The van der Waals surface area contributed by atoms with Gasteiger partial charge < -0.3 is 5.11 Å². The third-order valence-electron chi connectivity index (χ3n) is 3.06. The Morgan fingerprint density at radius 1 is 0.913 bits per heavy atom. The van der Waals surface area contributed by atoms with E-state index in [0.717, 1.165) is 0 Å². The molecule has 116 valence electrons. The molecule has 0 spiro atoms. The number of phenols is 1. The Labute approximate surface area is 133 Å². The molecule has 2 aromatic carbocycles. The lowest BCUT2D eigenvalue weighted by atomic mass is 10.2. The van der Waals surface area contributed by atoms with Crippen LogP contribution in [-0.4, -0.2) is 23.5 Å². The van der Waals surface area contributed by atoms with Gasteiger partial charge in [0.05, 0.1) is 23.0 Å². The molecule has 1 aromatic heterocycles. The Bertz CT molecular complexity index is 911. The van der Waals surface area contributed by atoms with Gasteiger partial charge in [-0.05, 0) is 24.3 Å². The van der Waals surface area contributed by atoms with Gasteiger partial charge in [-0.25, -0.2) is 18.4 Å². The minimum atomic E-state index is -3.67. The summed E-state index contributed by atoms with van der Waals surface area (Å²) >= 11 is 0. The maximum Gasteiger partial charge on any atom is 0.261 e. The SMILES string of the molecule is O=S(=O)(Nc1cnc(-c2cccc(O)c2)nc1)c1ccccc1. The molecule has 3 rings (SSSR count). The molecule has 0 amide bonds. The predicted octanol–water partition coefficient (Wildman–Crippen LogP) is 2.65. The van der Waals surface area contributed by atoms with Gasteiger partial charge in [0.15, 0.2) is 5.82 Å². The van der Waals surface area contributed by atoms with Crippen LogP contribution in [0, 0.1) is 0 Å². The quantitative estimate of drug-likeness (QED) is 0.768. The summed E-state index contributed by atoms with van der Waals surface area (Å²) in [5, 5.41) is 9.46. The van der Waals surface area contributed by atoms with Crippen LogP contribution in [0.5, 0.6) is 5.75 Å². The summed E-state index contributed by atoms with van der Waals surface area (Å²) in [7, 11) is -3.67. The molecule has 0 saturated carbocycles. The third kappa shape index (κ3) is 3.46. The summed E-state index contributed by atoms with van der Waals surface area (Å²) in [6, 6.07) is 14.6. The first-order valence-electron chi connectivity index (χ1n) is 6.74. The zero-order valence-corrected chi connectivity index (χ0v) is 12.7. The highest BCUT2D eigenvalue weighted by Crippen LogP contribution is 2.21. The number of hydrogen-bond acceptors (Lipinski definition) is 5. The average Bonchev–Trinajstić information content (AvgIpc) is 2.56. The highest BCUT2D eigenvalue weighted by molar-refractivity contribution is 7.92. The lowest BCUT2D eigenvalue weighted by Crippen LogP contribution is -2.13. The zero-order valence-electron chi connectivity index (χ0n) is 11.9. The number of hydrogen-bond donors (Lipinski definition) is 2. The van der Waals surface area contributed by atoms with Crippen molar-refractivity contribution in [2.45, 2.75) is 4.90 Å². The summed E-state index contributed by atoms with van der Waals surface area (Å²) in [5.74, 6) is 0.503. The Kier molecular flexibility index (Phi) is 3.94. The van der Waals surface area contributed by atoms with Crippen molar-refractivity contribution in [3.63, 3.8) is 0 Å². The molecule has 0 saturated heterocycles. The van der Waals surface area contributed by atoms with Gasteiger partial charge in [0.2, 0.25) is 0 Å². The van der Waals surface area contributed by atoms with E-state index in [4.69, 9.17) is 0 Å². The molecule has 3 aromatic rings. The van der Waals surface area contributed by atoms with Gasteiger partial charge in [0.1, 0.15) is 5.75 Å². The first-order valence-corrected chi connectivity index (χ1v) is 8.22. The highest BCUT2D eigenvalue weighted by atomic mass is 32.2. The van der Waals surface area contributed by atoms with Gasteiger partial charge in [0, 0.05) is 5.56 Å². The van der Waals surface area contributed by atoms with Gasteiger partial charge in [-0.1, -0.05) is 30.3 Å². The standard InChI is InChI=1S/C16H13N3O3S/c20-14-6-4-5-12(9-14)16-17-10-13(11-18-16)19-23(21,22)15-7-2-1-3-8-15/h1-11,19-20H. The predicted molar refractivity (Wildman–Crippen MR) is 86.4 cm³/mol. The van der Waals surface area contributed by atoms with E-state index < -0.39 is 10.0 Å². The molecule has 23 heavy (non-hydrogen) atoms. The van der Waals surface area contributed by atoms with Crippen molar-refractivity contribution in [1.29, 1.82) is 0 Å². The molecule has 0 aliphatic heterocycles. The van der Waals surface area contributed by atoms with Gasteiger partial charge >= 0.3 is 0 Å². The largest absolute Gasteiger partial charge is 0.508 e. The molecule has 2 N–H and O–H groups in total. The van der Waals surface area contributed by atoms with Crippen LogP contribution in [0.3, 0.4) is 0 Å². The van der Waals surface area contributed by atoms with Gasteiger partial charge in [-0.2, -0.15) is 0 Å². The summed E-state index contributed by atoms with van der Waals surface area (Å²) in [5.41, 5.74) is 0.903. The third-order valence-corrected chi connectivity index (χ3v) is 4.46. The van der Waals surface area contributed by atoms with Gasteiger partial charge in [-0.3, -0.25) is 4.72 Å². The fourth-order valence-corrected chi connectivity index (χ4v) is 3.04. The van der Waals surface area contributed by atoms with E-state index in [1.807, 2.05) is 0 Å². The monoisotopic (exact) mass is 327 g/mol. The number of nitrogens with zero attached hydrogens (tertiary/aromatic N) is 2. The fraction of sp³-hybridized carbons (Fsp3) is 0. The second-order valence-electron chi connectivity index (χ2n) is 4.76. The van der Waals surface area contributed by atoms with E-state index >= 15 is 0 Å². The molecule has 6 nitrogen and oxygen atoms in total. The zero-order chi connectivity index (χ0) is 16.3. The van der Waals surface area contributed by atoms with Crippen molar-refractivity contribution in [3.05, 3.63) is 67.0 Å². The van der Waals surface area contributed by atoms with E-state index in [1.165, 1.54) is 30.6 Å². The summed E-state index contributed by atoms with van der Waals surface area (Å²) in [6.45, 7) is 0. The van der Waals surface area contributed by atoms with E-state index in [0.29, 0.717) is 11.4 Å². The molecular weight excluding hydrogens is 314 g/mol. The first-order chi connectivity index (χ1) is 11.0. The topological polar surface area (TPSA) is 92.2 Å². The number of anilines is 1. The van der Waals surface area contributed by atoms with Crippen LogP contribution in [0.4, 0.5) is 5.69 Å². The first kappa shape index (κ1) is 15.0. The number of aromatic nitrogens is 2. The molecule has 0 fully saturated rings. The minimum absolute atomic E-state index is 0.111. The maximum atomic E-state index is 12.2. The molecule has 0 aliphatic carbocycles. The molecule has 0 aliphatic rings. The van der Waals surface area contributed by atoms with Crippen LogP contribution < -0.4 is 4.72 Å². The number of benzene rings is 2. The number of rotatable bonds is 4. The maximum absolute atomic E-state index is 12.2. The van der Waals surface area contributed by atoms with Gasteiger partial charge in [-0.15, -0.1) is 0 Å². The van der Waals surface area contributed by atoms with Crippen molar-refractivity contribution in [2.24, 2.45) is 0 Å². The molecule has 0 radical (unpaired) electrons. The van der Waals surface area contributed by atoms with E-state index in [1.54, 1.807) is 36.4 Å². The molecule has 0 bridgehead atoms. The van der Waals surface area contributed by atoms with Crippen LogP contribution in [-0.2, 0) is 10.0 Å². The second kappa shape index (κ2) is 6.05. The second-order valence-corrected chi connectivity index (χ2v) is 6.45. The van der Waals surface area contributed by atoms with Crippen molar-refractivity contribution >= 4 is 15.7 Å². The Hall–Kier alpha value is -2.93. The number of aromatic hydroxyl groups is 1. The van der Waals surface area contributed by atoms with Gasteiger partial charge in [0.25, 0.3) is 10.0 Å². The summed E-state index contributed by atoms with van der Waals surface area (Å²) in [6.07, 6.45) is 2.76. The highest BCUT2D eigenvalue weighted by Gasteiger charge is 2.14. The number of phenolic OH excluding ortho intramolecular Hbond substituents is 1. The molecule has 0 atom stereocenters. The Balaban J connectivity index is 1.83. The fourth-order valence-electron chi connectivity index (χ4n) is 1.99. The van der Waals surface area contributed by atoms with Crippen molar-refractivity contribution < 1.29 is 13.5 Å². The lowest BCUT2D eigenvalue weighted by molar-refractivity contribution is 0.475. The Morgan fingerprint density at radius 2 is 1.61 bits per heavy atom. The Morgan fingerprint density at radius 3 is 2.26 bits per heavy atom. The van der Waals surface area contributed by atoms with E-state index in [9.17, 15) is 13.5 Å². The number of nitrogens with one attached hydrogen (secondary N) is 1. The van der Waals surface area contributed by atoms with Crippen molar-refractivity contribution in [3.8, 4) is 17.1 Å². The molecule has 7 heteroatoms.